The Hall–Kier alpha value is -2.83. The molecule has 2 N–H and O–H groups in total. The van der Waals surface area contributed by atoms with Crippen molar-refractivity contribution in [2.75, 3.05) is 0 Å². The zero-order valence-electron chi connectivity index (χ0n) is 18.3. The molecule has 1 aromatic carbocycles. The van der Waals surface area contributed by atoms with E-state index in [1.54, 1.807) is 11.0 Å². The number of fused-ring (bicyclic) bond motifs is 1. The molecule has 0 bridgehead atoms. The first-order valence-corrected chi connectivity index (χ1v) is 11.6. The van der Waals surface area contributed by atoms with Crippen LogP contribution in [0.2, 0.25) is 0 Å². The molecule has 7 heteroatoms. The van der Waals surface area contributed by atoms with Gasteiger partial charge in [0.1, 0.15) is 11.6 Å². The monoisotopic (exact) mass is 438 g/mol. The molecule has 0 spiro atoms. The van der Waals surface area contributed by atoms with Crippen LogP contribution in [-0.2, 0) is 32.1 Å². The predicted octanol–water partition coefficient (Wildman–Crippen LogP) is 2.52. The maximum Gasteiger partial charge on any atom is 0.255 e. The smallest absolute Gasteiger partial charge is 0.255 e. The first-order valence-electron chi connectivity index (χ1n) is 11.6. The summed E-state index contributed by atoms with van der Waals surface area (Å²) in [6, 6.07) is 5.14. The van der Waals surface area contributed by atoms with Crippen LogP contribution in [0.15, 0.2) is 18.2 Å². The second kappa shape index (κ2) is 9.35. The van der Waals surface area contributed by atoms with Gasteiger partial charge in [0.2, 0.25) is 5.91 Å². The van der Waals surface area contributed by atoms with Crippen molar-refractivity contribution in [1.82, 2.24) is 4.90 Å². The topological polar surface area (TPSA) is 115 Å². The molecular formula is C25H30N2O5. The summed E-state index contributed by atoms with van der Waals surface area (Å²) in [4.78, 5) is 61.9. The number of rotatable bonds is 7. The van der Waals surface area contributed by atoms with Gasteiger partial charge in [-0.3, -0.25) is 24.0 Å². The number of Topliss-reactive ketones (excluding diaryl/α,β-unsaturated/α-hetero) is 3. The van der Waals surface area contributed by atoms with Crippen LogP contribution in [0.3, 0.4) is 0 Å². The van der Waals surface area contributed by atoms with Crippen LogP contribution in [0, 0.1) is 11.8 Å². The number of nitrogens with zero attached hydrogens (tertiary/aromatic N) is 1. The van der Waals surface area contributed by atoms with E-state index in [-0.39, 0.29) is 41.5 Å². The van der Waals surface area contributed by atoms with Gasteiger partial charge in [0, 0.05) is 37.3 Å². The van der Waals surface area contributed by atoms with Crippen molar-refractivity contribution in [3.63, 3.8) is 0 Å². The van der Waals surface area contributed by atoms with E-state index in [2.05, 4.69) is 0 Å². The molecule has 170 valence electrons. The van der Waals surface area contributed by atoms with Crippen molar-refractivity contribution in [3.8, 4) is 0 Å². The van der Waals surface area contributed by atoms with Crippen molar-refractivity contribution in [1.29, 1.82) is 0 Å². The first kappa shape index (κ1) is 22.4. The lowest BCUT2D eigenvalue weighted by Crippen LogP contribution is -2.44. The van der Waals surface area contributed by atoms with Crippen molar-refractivity contribution < 1.29 is 24.0 Å². The highest BCUT2D eigenvalue weighted by Gasteiger charge is 2.38. The number of carbonyl (C=O) groups is 5. The number of hydrogen-bond donors (Lipinski definition) is 1. The molecule has 1 aliphatic heterocycles. The van der Waals surface area contributed by atoms with Gasteiger partial charge < -0.3 is 10.6 Å². The molecule has 1 heterocycles. The van der Waals surface area contributed by atoms with Crippen molar-refractivity contribution >= 4 is 29.2 Å². The van der Waals surface area contributed by atoms with E-state index in [0.29, 0.717) is 50.1 Å². The van der Waals surface area contributed by atoms with Crippen LogP contribution < -0.4 is 5.73 Å². The van der Waals surface area contributed by atoms with Crippen LogP contribution in [-0.4, -0.2) is 40.1 Å². The Morgan fingerprint density at radius 2 is 1.78 bits per heavy atom. The molecule has 0 aromatic heterocycles. The molecule has 0 radical (unpaired) electrons. The Balaban J connectivity index is 1.30. The highest BCUT2D eigenvalue weighted by atomic mass is 16.2. The van der Waals surface area contributed by atoms with Crippen LogP contribution in [0.5, 0.6) is 0 Å². The molecule has 3 aliphatic rings. The highest BCUT2D eigenvalue weighted by molar-refractivity contribution is 6.07. The van der Waals surface area contributed by atoms with E-state index in [4.69, 9.17) is 5.73 Å². The number of benzene rings is 1. The lowest BCUT2D eigenvalue weighted by atomic mass is 9.79. The molecule has 1 atom stereocenters. The molecule has 32 heavy (non-hydrogen) atoms. The SMILES string of the molecule is NC(=O)C1CCC(CC(=O)CCc2ccc3c(c2)CN(C2CCC(=O)CC2=O)C3=O)CC1. The minimum absolute atomic E-state index is 0.0422. The van der Waals surface area contributed by atoms with Gasteiger partial charge >= 0.3 is 0 Å². The Kier molecular flexibility index (Phi) is 6.53. The number of aryl methyl sites for hydroxylation is 1. The summed E-state index contributed by atoms with van der Waals surface area (Å²) in [5.41, 5.74) is 7.88. The van der Waals surface area contributed by atoms with Crippen LogP contribution in [0.4, 0.5) is 0 Å². The molecular weight excluding hydrogens is 408 g/mol. The lowest BCUT2D eigenvalue weighted by Gasteiger charge is -2.29. The molecule has 0 saturated heterocycles. The molecule has 2 aliphatic carbocycles. The van der Waals surface area contributed by atoms with Gasteiger partial charge in [0.25, 0.3) is 5.91 Å². The molecule has 1 unspecified atom stereocenters. The first-order chi connectivity index (χ1) is 15.3. The van der Waals surface area contributed by atoms with Gasteiger partial charge in [0.15, 0.2) is 5.78 Å². The molecule has 1 aromatic rings. The summed E-state index contributed by atoms with van der Waals surface area (Å²) in [6.07, 6.45) is 5.59. The fraction of sp³-hybridized carbons (Fsp3) is 0.560. The maximum absolute atomic E-state index is 12.8. The van der Waals surface area contributed by atoms with Crippen LogP contribution in [0.25, 0.3) is 0 Å². The van der Waals surface area contributed by atoms with Gasteiger partial charge in [-0.2, -0.15) is 0 Å². The van der Waals surface area contributed by atoms with E-state index < -0.39 is 6.04 Å². The standard InChI is InChI=1S/C25H30N2O5/c26-24(31)17-5-1-16(2-6-17)12-19(28)7-3-15-4-9-21-18(11-15)14-27(25(21)32)22-10-8-20(29)13-23(22)30/h4,9,11,16-17,22H,1-3,5-8,10,12-14H2,(H2,26,31). The normalized spacial score (nSPS) is 25.7. The van der Waals surface area contributed by atoms with Crippen molar-refractivity contribution in [3.05, 3.63) is 34.9 Å². The third-order valence-corrected chi connectivity index (χ3v) is 7.28. The fourth-order valence-corrected chi connectivity index (χ4v) is 5.35. The highest BCUT2D eigenvalue weighted by Crippen LogP contribution is 2.32. The molecule has 2 amide bonds. The van der Waals surface area contributed by atoms with Gasteiger partial charge in [0.05, 0.1) is 12.5 Å². The number of carbonyl (C=O) groups excluding carboxylic acids is 5. The quantitative estimate of drug-likeness (QED) is 0.657. The Labute approximate surface area is 187 Å². The average molecular weight is 439 g/mol. The van der Waals surface area contributed by atoms with Gasteiger partial charge in [-0.25, -0.2) is 0 Å². The average Bonchev–Trinajstić information content (AvgIpc) is 3.08. The van der Waals surface area contributed by atoms with Crippen LogP contribution >= 0.6 is 0 Å². The molecule has 2 fully saturated rings. The van der Waals surface area contributed by atoms with Gasteiger partial charge in [-0.05, 0) is 61.6 Å². The Morgan fingerprint density at radius 1 is 1.03 bits per heavy atom. The number of hydrogen-bond acceptors (Lipinski definition) is 5. The minimum Gasteiger partial charge on any atom is -0.369 e. The lowest BCUT2D eigenvalue weighted by molar-refractivity contribution is -0.133. The number of nitrogens with two attached hydrogens (primary N) is 1. The zero-order valence-corrected chi connectivity index (χ0v) is 18.3. The Bertz CT molecular complexity index is 961. The largest absolute Gasteiger partial charge is 0.369 e. The Morgan fingerprint density at radius 3 is 2.47 bits per heavy atom. The second-order valence-corrected chi connectivity index (χ2v) is 9.52. The van der Waals surface area contributed by atoms with E-state index in [9.17, 15) is 24.0 Å². The molecule has 7 nitrogen and oxygen atoms in total. The summed E-state index contributed by atoms with van der Waals surface area (Å²) < 4.78 is 0. The third-order valence-electron chi connectivity index (χ3n) is 7.28. The van der Waals surface area contributed by atoms with Gasteiger partial charge in [-0.15, -0.1) is 0 Å². The van der Waals surface area contributed by atoms with Gasteiger partial charge in [-0.1, -0.05) is 12.1 Å². The summed E-state index contributed by atoms with van der Waals surface area (Å²) in [5, 5.41) is 0. The van der Waals surface area contributed by atoms with Crippen molar-refractivity contribution in [2.45, 2.75) is 76.8 Å². The molecule has 4 rings (SSSR count). The summed E-state index contributed by atoms with van der Waals surface area (Å²) >= 11 is 0. The minimum atomic E-state index is -0.512. The summed E-state index contributed by atoms with van der Waals surface area (Å²) in [5.74, 6) is -0.0835. The molecule has 2 saturated carbocycles. The predicted molar refractivity (Wildman–Crippen MR) is 117 cm³/mol. The number of amides is 2. The second-order valence-electron chi connectivity index (χ2n) is 9.52. The van der Waals surface area contributed by atoms with E-state index in [1.807, 2.05) is 12.1 Å². The van der Waals surface area contributed by atoms with Crippen molar-refractivity contribution in [2.24, 2.45) is 17.6 Å². The zero-order chi connectivity index (χ0) is 22.8. The maximum atomic E-state index is 12.8. The van der Waals surface area contributed by atoms with Crippen LogP contribution in [0.1, 0.15) is 79.3 Å². The van der Waals surface area contributed by atoms with E-state index >= 15 is 0 Å². The van der Waals surface area contributed by atoms with E-state index in [1.165, 1.54) is 0 Å². The number of ketones is 3. The third kappa shape index (κ3) is 4.81. The summed E-state index contributed by atoms with van der Waals surface area (Å²) in [6.45, 7) is 0.379. The number of primary amides is 1. The fourth-order valence-electron chi connectivity index (χ4n) is 5.35. The van der Waals surface area contributed by atoms with E-state index in [0.717, 1.165) is 36.8 Å². The summed E-state index contributed by atoms with van der Waals surface area (Å²) in [7, 11) is 0.